The Labute approximate surface area is 195 Å². The maximum Gasteiger partial charge on any atom is 0.306 e. The van der Waals surface area contributed by atoms with Crippen LogP contribution in [0.4, 0.5) is 0 Å². The van der Waals surface area contributed by atoms with Gasteiger partial charge in [-0.3, -0.25) is 14.4 Å². The standard InChI is InChI=1S/C26H35ClO5/c1-7-22(31)32-26(16(4)28)15(3)11-19-20-10-14(2)18-12-17(29)8-9-23(18,5)25(20,27)21(30)13-24(19,26)6/h8-9,12,14-15,19-21,30H,7,10-11,13H2,1-6H3/t14-,15-,19-,20-,21-,23-,24-,25-,26-/m0/s1. The number of esters is 1. The van der Waals surface area contributed by atoms with E-state index in [0.717, 1.165) is 5.57 Å². The van der Waals surface area contributed by atoms with Gasteiger partial charge in [0.25, 0.3) is 0 Å². The Kier molecular flexibility index (Phi) is 5.38. The minimum atomic E-state index is -1.28. The summed E-state index contributed by atoms with van der Waals surface area (Å²) in [6.45, 7) is 11.3. The summed E-state index contributed by atoms with van der Waals surface area (Å²) < 4.78 is 6.02. The number of carbonyl (C=O) groups is 3. The summed E-state index contributed by atoms with van der Waals surface area (Å²) in [7, 11) is 0. The number of aliphatic hydroxyl groups is 1. The van der Waals surface area contributed by atoms with E-state index >= 15 is 0 Å². The highest BCUT2D eigenvalue weighted by Crippen LogP contribution is 2.72. The lowest BCUT2D eigenvalue weighted by atomic mass is 9.44. The van der Waals surface area contributed by atoms with Gasteiger partial charge in [-0.1, -0.05) is 46.3 Å². The third kappa shape index (κ3) is 2.64. The lowest BCUT2D eigenvalue weighted by Gasteiger charge is -2.65. The molecule has 0 amide bonds. The number of Topliss-reactive ketones (excluding diaryl/α,β-unsaturated/α-hetero) is 1. The molecular formula is C26H35ClO5. The van der Waals surface area contributed by atoms with Crippen molar-refractivity contribution in [1.82, 2.24) is 0 Å². The van der Waals surface area contributed by atoms with Gasteiger partial charge in [0, 0.05) is 23.2 Å². The fourth-order valence-corrected chi connectivity index (χ4v) is 8.70. The summed E-state index contributed by atoms with van der Waals surface area (Å²) in [5, 5.41) is 11.7. The summed E-state index contributed by atoms with van der Waals surface area (Å²) in [6, 6.07) is 0. The quantitative estimate of drug-likeness (QED) is 0.496. The van der Waals surface area contributed by atoms with E-state index in [1.165, 1.54) is 6.92 Å². The van der Waals surface area contributed by atoms with Crippen molar-refractivity contribution in [3.63, 3.8) is 0 Å². The first kappa shape index (κ1) is 23.7. The molecule has 32 heavy (non-hydrogen) atoms. The number of alkyl halides is 1. The summed E-state index contributed by atoms with van der Waals surface area (Å²) >= 11 is 7.49. The second kappa shape index (κ2) is 7.27. The van der Waals surface area contributed by atoms with Gasteiger partial charge in [0.05, 0.1) is 11.0 Å². The molecule has 1 N–H and O–H groups in total. The first-order chi connectivity index (χ1) is 14.8. The van der Waals surface area contributed by atoms with Crippen LogP contribution in [0.5, 0.6) is 0 Å². The number of hydrogen-bond acceptors (Lipinski definition) is 5. The van der Waals surface area contributed by atoms with Crippen LogP contribution in [0.3, 0.4) is 0 Å². The highest BCUT2D eigenvalue weighted by molar-refractivity contribution is 6.26. The van der Waals surface area contributed by atoms with Gasteiger partial charge in [0.15, 0.2) is 17.2 Å². The molecule has 5 nitrogen and oxygen atoms in total. The Morgan fingerprint density at radius 1 is 1.22 bits per heavy atom. The van der Waals surface area contributed by atoms with Gasteiger partial charge < -0.3 is 9.84 Å². The highest BCUT2D eigenvalue weighted by atomic mass is 35.5. The van der Waals surface area contributed by atoms with Gasteiger partial charge in [-0.25, -0.2) is 0 Å². The first-order valence-corrected chi connectivity index (χ1v) is 12.2. The van der Waals surface area contributed by atoms with E-state index in [1.54, 1.807) is 19.1 Å². The van der Waals surface area contributed by atoms with Crippen LogP contribution in [-0.2, 0) is 19.1 Å². The van der Waals surface area contributed by atoms with Gasteiger partial charge >= 0.3 is 5.97 Å². The van der Waals surface area contributed by atoms with Crippen molar-refractivity contribution in [2.24, 2.45) is 34.5 Å². The third-order valence-corrected chi connectivity index (χ3v) is 10.5. The summed E-state index contributed by atoms with van der Waals surface area (Å²) in [4.78, 5) is 36.8. The van der Waals surface area contributed by atoms with Crippen LogP contribution in [0.2, 0.25) is 0 Å². The second-order valence-corrected chi connectivity index (χ2v) is 11.7. The maximum absolute atomic E-state index is 13.2. The molecule has 0 unspecified atom stereocenters. The molecule has 0 aromatic heterocycles. The minimum absolute atomic E-state index is 0.00110. The molecule has 0 aliphatic heterocycles. The zero-order valence-electron chi connectivity index (χ0n) is 19.9. The Morgan fingerprint density at radius 3 is 2.47 bits per heavy atom. The number of allylic oxidation sites excluding steroid dienone is 4. The molecule has 0 saturated heterocycles. The van der Waals surface area contributed by atoms with E-state index < -0.39 is 33.4 Å². The van der Waals surface area contributed by atoms with E-state index in [9.17, 15) is 19.5 Å². The van der Waals surface area contributed by atoms with Gasteiger partial charge in [-0.05, 0) is 56.1 Å². The summed E-state index contributed by atoms with van der Waals surface area (Å²) in [6.07, 6.45) is 6.05. The average Bonchev–Trinajstić information content (AvgIpc) is 2.93. The number of carbonyl (C=O) groups excluding carboxylic acids is 3. The molecule has 4 rings (SSSR count). The van der Waals surface area contributed by atoms with E-state index in [-0.39, 0.29) is 48.1 Å². The topological polar surface area (TPSA) is 80.7 Å². The normalized spacial score (nSPS) is 49.6. The smallest absolute Gasteiger partial charge is 0.306 e. The van der Waals surface area contributed by atoms with Gasteiger partial charge in [0.2, 0.25) is 0 Å². The Bertz CT molecular complexity index is 939. The van der Waals surface area contributed by atoms with Crippen LogP contribution in [-0.4, -0.2) is 39.2 Å². The molecule has 4 aliphatic carbocycles. The molecule has 6 heteroatoms. The van der Waals surface area contributed by atoms with Crippen LogP contribution in [0.25, 0.3) is 0 Å². The van der Waals surface area contributed by atoms with E-state index in [4.69, 9.17) is 16.3 Å². The van der Waals surface area contributed by atoms with E-state index in [1.807, 2.05) is 26.8 Å². The predicted octanol–water partition coefficient (Wildman–Crippen LogP) is 4.40. The average molecular weight is 463 g/mol. The number of ketones is 2. The molecule has 0 radical (unpaired) electrons. The van der Waals surface area contributed by atoms with Gasteiger partial charge in [-0.2, -0.15) is 0 Å². The zero-order valence-corrected chi connectivity index (χ0v) is 20.7. The predicted molar refractivity (Wildman–Crippen MR) is 122 cm³/mol. The van der Waals surface area contributed by atoms with Crippen LogP contribution in [0.1, 0.15) is 67.2 Å². The Hall–Kier alpha value is -1.46. The highest BCUT2D eigenvalue weighted by Gasteiger charge is 2.76. The van der Waals surface area contributed by atoms with Crippen LogP contribution >= 0.6 is 11.6 Å². The van der Waals surface area contributed by atoms with Crippen molar-refractivity contribution in [3.8, 4) is 0 Å². The molecule has 3 fully saturated rings. The molecule has 0 spiro atoms. The molecule has 0 heterocycles. The molecule has 0 aromatic carbocycles. The molecule has 0 aromatic rings. The van der Waals surface area contributed by atoms with Crippen molar-refractivity contribution >= 4 is 29.1 Å². The van der Waals surface area contributed by atoms with E-state index in [2.05, 4.69) is 6.92 Å². The number of aliphatic hydroxyl groups excluding tert-OH is 1. The maximum atomic E-state index is 13.2. The fraction of sp³-hybridized carbons (Fsp3) is 0.731. The first-order valence-electron chi connectivity index (χ1n) is 11.8. The summed E-state index contributed by atoms with van der Waals surface area (Å²) in [5.74, 6) is -0.772. The number of rotatable bonds is 3. The van der Waals surface area contributed by atoms with Crippen LogP contribution in [0, 0.1) is 34.5 Å². The zero-order chi connectivity index (χ0) is 23.9. The molecular weight excluding hydrogens is 428 g/mol. The number of fused-ring (bicyclic) bond motifs is 5. The van der Waals surface area contributed by atoms with Crippen LogP contribution < -0.4 is 0 Å². The minimum Gasteiger partial charge on any atom is -0.450 e. The second-order valence-electron chi connectivity index (χ2n) is 11.0. The lowest BCUT2D eigenvalue weighted by Crippen LogP contribution is -2.70. The molecule has 9 atom stereocenters. The summed E-state index contributed by atoms with van der Waals surface area (Å²) in [5.41, 5.74) is -1.70. The number of hydrogen-bond donors (Lipinski definition) is 1. The molecule has 3 saturated carbocycles. The van der Waals surface area contributed by atoms with Crippen molar-refractivity contribution in [2.45, 2.75) is 83.8 Å². The van der Waals surface area contributed by atoms with Crippen molar-refractivity contribution in [3.05, 3.63) is 23.8 Å². The molecule has 176 valence electrons. The Balaban J connectivity index is 1.87. The van der Waals surface area contributed by atoms with Gasteiger partial charge in [0.1, 0.15) is 0 Å². The van der Waals surface area contributed by atoms with Crippen molar-refractivity contribution < 1.29 is 24.2 Å². The lowest BCUT2D eigenvalue weighted by molar-refractivity contribution is -0.201. The molecule has 0 bridgehead atoms. The van der Waals surface area contributed by atoms with Crippen molar-refractivity contribution in [1.29, 1.82) is 0 Å². The Morgan fingerprint density at radius 2 is 1.88 bits per heavy atom. The van der Waals surface area contributed by atoms with Crippen molar-refractivity contribution in [2.75, 3.05) is 0 Å². The van der Waals surface area contributed by atoms with E-state index in [0.29, 0.717) is 12.8 Å². The monoisotopic (exact) mass is 462 g/mol. The SMILES string of the molecule is CCC(=O)O[C@]1(C(C)=O)[C@@H](C)C[C@H]2[C@@H]3C[C@H](C)C4=CC(=O)C=C[C@]4(C)[C@@]3(Cl)[C@@H](O)C[C@@]21C. The largest absolute Gasteiger partial charge is 0.450 e. The fourth-order valence-electron chi connectivity index (χ4n) is 8.21. The van der Waals surface area contributed by atoms with Crippen LogP contribution in [0.15, 0.2) is 23.8 Å². The van der Waals surface area contributed by atoms with Gasteiger partial charge in [-0.15, -0.1) is 11.6 Å². The third-order valence-electron chi connectivity index (χ3n) is 9.60. The number of ether oxygens (including phenoxy) is 1. The molecule has 4 aliphatic rings. The number of halogens is 1.